The Bertz CT molecular complexity index is 201. The number of hydrogen-bond acceptors (Lipinski definition) is 1. The highest BCUT2D eigenvalue weighted by Crippen LogP contribution is 2.28. The van der Waals surface area contributed by atoms with Crippen molar-refractivity contribution in [3.05, 3.63) is 12.2 Å². The molecule has 1 nitrogen and oxygen atoms in total. The van der Waals surface area contributed by atoms with Crippen LogP contribution in [-0.2, 0) is 4.43 Å². The minimum Gasteiger partial charge on any atom is -0.414 e. The molecule has 1 fully saturated rings. The van der Waals surface area contributed by atoms with Gasteiger partial charge in [0.25, 0.3) is 0 Å². The van der Waals surface area contributed by atoms with Gasteiger partial charge in [0.15, 0.2) is 8.32 Å². The summed E-state index contributed by atoms with van der Waals surface area (Å²) >= 11 is 0. The molecule has 0 amide bonds. The molecule has 1 aliphatic rings. The molecule has 0 N–H and O–H groups in total. The highest BCUT2D eigenvalue weighted by atomic mass is 28.4. The molecule has 0 bridgehead atoms. The van der Waals surface area contributed by atoms with Crippen LogP contribution >= 0.6 is 0 Å². The summed E-state index contributed by atoms with van der Waals surface area (Å²) in [5.74, 6) is 0. The molecular weight excluding hydrogens is 200 g/mol. The van der Waals surface area contributed by atoms with Gasteiger partial charge in [-0.2, -0.15) is 0 Å². The van der Waals surface area contributed by atoms with E-state index in [0.29, 0.717) is 6.10 Å². The van der Waals surface area contributed by atoms with E-state index in [1.165, 1.54) is 50.1 Å². The van der Waals surface area contributed by atoms with Crippen molar-refractivity contribution in [2.24, 2.45) is 0 Å². The molecule has 2 heteroatoms. The zero-order valence-corrected chi connectivity index (χ0v) is 11.6. The van der Waals surface area contributed by atoms with Crippen molar-refractivity contribution in [2.45, 2.75) is 70.7 Å². The van der Waals surface area contributed by atoms with Crippen LogP contribution in [0.25, 0.3) is 0 Å². The average molecular weight is 226 g/mol. The Morgan fingerprint density at radius 1 is 1.33 bits per heavy atom. The van der Waals surface area contributed by atoms with Crippen LogP contribution < -0.4 is 0 Å². The summed E-state index contributed by atoms with van der Waals surface area (Å²) in [7, 11) is -1.36. The van der Waals surface area contributed by atoms with Crippen molar-refractivity contribution in [1.29, 1.82) is 0 Å². The Balaban J connectivity index is 2.30. The fraction of sp³-hybridized carbons (Fsp3) is 0.846. The van der Waals surface area contributed by atoms with Crippen LogP contribution in [0.2, 0.25) is 19.1 Å². The van der Waals surface area contributed by atoms with Gasteiger partial charge in [-0.25, -0.2) is 0 Å². The lowest BCUT2D eigenvalue weighted by molar-refractivity contribution is 0.159. The summed E-state index contributed by atoms with van der Waals surface area (Å²) in [6.45, 7) is 11.0. The molecule has 1 aliphatic carbocycles. The molecular formula is C13H26OSi. The van der Waals surface area contributed by atoms with Crippen LogP contribution in [0.3, 0.4) is 0 Å². The van der Waals surface area contributed by atoms with Crippen molar-refractivity contribution in [2.75, 3.05) is 0 Å². The molecule has 0 spiro atoms. The van der Waals surface area contributed by atoms with E-state index in [1.54, 1.807) is 0 Å². The Kier molecular flexibility index (Phi) is 5.07. The lowest BCUT2D eigenvalue weighted by atomic mass is 9.94. The van der Waals surface area contributed by atoms with Crippen LogP contribution in [-0.4, -0.2) is 14.4 Å². The van der Waals surface area contributed by atoms with Gasteiger partial charge in [0.1, 0.15) is 0 Å². The summed E-state index contributed by atoms with van der Waals surface area (Å²) in [6.07, 6.45) is 7.95. The first-order valence-electron chi connectivity index (χ1n) is 6.38. The standard InChI is InChI=1S/C13H26OSi/c1-5-6-11-15(3,4)14-13-9-7-12(2)8-10-13/h13H,2,5-11H2,1,3-4H3. The van der Waals surface area contributed by atoms with E-state index in [9.17, 15) is 0 Å². The monoisotopic (exact) mass is 226 g/mol. The Hall–Kier alpha value is -0.0831. The molecule has 1 rings (SSSR count). The van der Waals surface area contributed by atoms with Gasteiger partial charge < -0.3 is 4.43 Å². The maximum atomic E-state index is 6.33. The van der Waals surface area contributed by atoms with Gasteiger partial charge in [0, 0.05) is 6.10 Å². The van der Waals surface area contributed by atoms with Crippen LogP contribution in [0.4, 0.5) is 0 Å². The lowest BCUT2D eigenvalue weighted by Crippen LogP contribution is -2.36. The zero-order valence-electron chi connectivity index (χ0n) is 10.6. The van der Waals surface area contributed by atoms with Crippen molar-refractivity contribution >= 4 is 8.32 Å². The second kappa shape index (κ2) is 5.85. The first-order chi connectivity index (χ1) is 7.03. The highest BCUT2D eigenvalue weighted by molar-refractivity contribution is 6.71. The third-order valence-electron chi connectivity index (χ3n) is 3.26. The molecule has 0 heterocycles. The summed E-state index contributed by atoms with van der Waals surface area (Å²) in [4.78, 5) is 0. The predicted molar refractivity (Wildman–Crippen MR) is 69.7 cm³/mol. The van der Waals surface area contributed by atoms with E-state index in [-0.39, 0.29) is 0 Å². The smallest absolute Gasteiger partial charge is 0.187 e. The first kappa shape index (κ1) is 13.0. The second-order valence-electron chi connectivity index (χ2n) is 5.43. The van der Waals surface area contributed by atoms with Crippen molar-refractivity contribution in [3.8, 4) is 0 Å². The molecule has 0 saturated heterocycles. The number of unbranched alkanes of at least 4 members (excludes halogenated alkanes) is 1. The van der Waals surface area contributed by atoms with Gasteiger partial charge in [0.05, 0.1) is 0 Å². The van der Waals surface area contributed by atoms with E-state index in [2.05, 4.69) is 26.6 Å². The fourth-order valence-corrected chi connectivity index (χ4v) is 4.69. The van der Waals surface area contributed by atoms with E-state index >= 15 is 0 Å². The molecule has 1 saturated carbocycles. The molecule has 15 heavy (non-hydrogen) atoms. The lowest BCUT2D eigenvalue weighted by Gasteiger charge is -2.32. The van der Waals surface area contributed by atoms with Crippen LogP contribution in [0, 0.1) is 0 Å². The second-order valence-corrected chi connectivity index (χ2v) is 9.69. The molecule has 0 aromatic rings. The summed E-state index contributed by atoms with van der Waals surface area (Å²) < 4.78 is 6.33. The van der Waals surface area contributed by atoms with E-state index < -0.39 is 8.32 Å². The minimum absolute atomic E-state index is 0.536. The summed E-state index contributed by atoms with van der Waals surface area (Å²) in [6, 6.07) is 1.32. The predicted octanol–water partition coefficient (Wildman–Crippen LogP) is 4.51. The molecule has 0 unspecified atom stereocenters. The average Bonchev–Trinajstić information content (AvgIpc) is 2.18. The fourth-order valence-electron chi connectivity index (χ4n) is 2.23. The van der Waals surface area contributed by atoms with Crippen LogP contribution in [0.5, 0.6) is 0 Å². The van der Waals surface area contributed by atoms with Gasteiger partial charge in [0.2, 0.25) is 0 Å². The van der Waals surface area contributed by atoms with E-state index in [1.807, 2.05) is 0 Å². The third-order valence-corrected chi connectivity index (χ3v) is 5.79. The van der Waals surface area contributed by atoms with Gasteiger partial charge in [-0.05, 0) is 44.8 Å². The maximum Gasteiger partial charge on any atom is 0.187 e. The maximum absolute atomic E-state index is 6.33. The van der Waals surface area contributed by atoms with Gasteiger partial charge in [-0.3, -0.25) is 0 Å². The van der Waals surface area contributed by atoms with Crippen LogP contribution in [0.15, 0.2) is 12.2 Å². The van der Waals surface area contributed by atoms with Crippen molar-refractivity contribution < 1.29 is 4.43 Å². The highest BCUT2D eigenvalue weighted by Gasteiger charge is 2.27. The largest absolute Gasteiger partial charge is 0.414 e. The van der Waals surface area contributed by atoms with Crippen LogP contribution in [0.1, 0.15) is 45.4 Å². The van der Waals surface area contributed by atoms with Gasteiger partial charge in [-0.1, -0.05) is 31.9 Å². The van der Waals surface area contributed by atoms with Crippen molar-refractivity contribution in [1.82, 2.24) is 0 Å². The Morgan fingerprint density at radius 2 is 1.93 bits per heavy atom. The molecule has 0 aliphatic heterocycles. The summed E-state index contributed by atoms with van der Waals surface area (Å²) in [5, 5.41) is 0. The number of hydrogen-bond donors (Lipinski definition) is 0. The summed E-state index contributed by atoms with van der Waals surface area (Å²) in [5.41, 5.74) is 1.42. The number of rotatable bonds is 5. The quantitative estimate of drug-likeness (QED) is 0.495. The molecule has 0 aromatic carbocycles. The SMILES string of the molecule is C=C1CCC(O[Si](C)(C)CCCC)CC1. The molecule has 88 valence electrons. The minimum atomic E-state index is -1.36. The number of allylic oxidation sites excluding steroid dienone is 1. The molecule has 0 aromatic heterocycles. The van der Waals surface area contributed by atoms with Gasteiger partial charge in [-0.15, -0.1) is 0 Å². The topological polar surface area (TPSA) is 9.23 Å². The normalized spacial score (nSPS) is 19.5. The zero-order chi connectivity index (χ0) is 11.3. The first-order valence-corrected chi connectivity index (χ1v) is 9.49. The Morgan fingerprint density at radius 3 is 2.47 bits per heavy atom. The van der Waals surface area contributed by atoms with E-state index in [0.717, 1.165) is 0 Å². The molecule has 0 radical (unpaired) electrons. The van der Waals surface area contributed by atoms with E-state index in [4.69, 9.17) is 4.43 Å². The third kappa shape index (κ3) is 4.98. The van der Waals surface area contributed by atoms with Gasteiger partial charge >= 0.3 is 0 Å². The molecule has 0 atom stereocenters. The van der Waals surface area contributed by atoms with Crippen molar-refractivity contribution in [3.63, 3.8) is 0 Å². The Labute approximate surface area is 96.0 Å².